The van der Waals surface area contributed by atoms with Crippen molar-refractivity contribution >= 4 is 21.8 Å². The van der Waals surface area contributed by atoms with Gasteiger partial charge in [-0.3, -0.25) is 9.48 Å². The second kappa shape index (κ2) is 7.78. The molecule has 0 fully saturated rings. The first kappa shape index (κ1) is 17.2. The van der Waals surface area contributed by atoms with E-state index in [1.807, 2.05) is 25.6 Å². The van der Waals surface area contributed by atoms with Crippen LogP contribution >= 0.6 is 15.9 Å². The topological polar surface area (TPSA) is 50.2 Å². The summed E-state index contributed by atoms with van der Waals surface area (Å²) in [6, 6.07) is -0.197. The van der Waals surface area contributed by atoms with Crippen molar-refractivity contribution in [1.82, 2.24) is 20.0 Å². The highest BCUT2D eigenvalue weighted by Gasteiger charge is 2.18. The number of carbonyl (C=O) groups is 1. The van der Waals surface area contributed by atoms with Gasteiger partial charge in [0, 0.05) is 26.7 Å². The van der Waals surface area contributed by atoms with Crippen molar-refractivity contribution in [3.8, 4) is 0 Å². The molecule has 1 N–H and O–H groups in total. The maximum atomic E-state index is 12.0. The van der Waals surface area contributed by atoms with Crippen LogP contribution in [0, 0.1) is 0 Å². The van der Waals surface area contributed by atoms with E-state index in [0.717, 1.165) is 35.4 Å². The third-order valence-corrected chi connectivity index (χ3v) is 4.41. The van der Waals surface area contributed by atoms with Crippen LogP contribution in [0.3, 0.4) is 0 Å². The minimum Gasteiger partial charge on any atom is -0.345 e. The molecule has 1 atom stereocenters. The van der Waals surface area contributed by atoms with Crippen molar-refractivity contribution in [3.05, 3.63) is 15.9 Å². The minimum absolute atomic E-state index is 0.113. The van der Waals surface area contributed by atoms with Crippen LogP contribution in [0.25, 0.3) is 0 Å². The lowest BCUT2D eigenvalue weighted by molar-refractivity contribution is -0.131. The van der Waals surface area contributed by atoms with E-state index in [0.29, 0.717) is 6.54 Å². The smallest absolute Gasteiger partial charge is 0.239 e. The molecular weight excluding hydrogens is 320 g/mol. The number of likely N-dealkylation sites (N-methyl/N-ethyl adjacent to an activating group) is 1. The molecule has 1 rings (SSSR count). The van der Waals surface area contributed by atoms with Crippen LogP contribution in [0.2, 0.25) is 0 Å². The first-order valence-corrected chi connectivity index (χ1v) is 7.97. The number of carbonyl (C=O) groups excluding carboxylic acids is 1. The van der Waals surface area contributed by atoms with Crippen LogP contribution in [0.5, 0.6) is 0 Å². The zero-order valence-corrected chi connectivity index (χ0v) is 14.6. The monoisotopic (exact) mass is 344 g/mol. The van der Waals surface area contributed by atoms with Gasteiger partial charge in [0.1, 0.15) is 0 Å². The Bertz CT molecular complexity index is 458. The molecule has 0 aromatic carbocycles. The Hall–Kier alpha value is -0.880. The summed E-state index contributed by atoms with van der Waals surface area (Å²) in [7, 11) is 1.82. The standard InChI is InChI=1S/C14H25BrN4O/c1-6-11-13(15)12(19(8-3)17-11)9-16-10(4)14(20)18(5)7-2/h10,16H,6-9H2,1-5H3. The van der Waals surface area contributed by atoms with E-state index in [-0.39, 0.29) is 11.9 Å². The summed E-state index contributed by atoms with van der Waals surface area (Å²) < 4.78 is 3.04. The molecule has 20 heavy (non-hydrogen) atoms. The van der Waals surface area contributed by atoms with Gasteiger partial charge in [-0.1, -0.05) is 6.92 Å². The zero-order chi connectivity index (χ0) is 15.3. The number of nitrogens with one attached hydrogen (secondary N) is 1. The number of hydrogen-bond donors (Lipinski definition) is 1. The van der Waals surface area contributed by atoms with Gasteiger partial charge in [-0.15, -0.1) is 0 Å². The fourth-order valence-electron chi connectivity index (χ4n) is 2.01. The second-order valence-electron chi connectivity index (χ2n) is 4.83. The number of aryl methyl sites for hydroxylation is 2. The Labute approximate surface area is 129 Å². The van der Waals surface area contributed by atoms with Crippen LogP contribution in [0.1, 0.15) is 39.1 Å². The first-order valence-electron chi connectivity index (χ1n) is 7.18. The van der Waals surface area contributed by atoms with Crippen molar-refractivity contribution < 1.29 is 4.79 Å². The SMILES string of the molecule is CCc1nn(CC)c(CNC(C)C(=O)N(C)CC)c1Br. The molecule has 0 saturated carbocycles. The number of nitrogens with zero attached hydrogens (tertiary/aromatic N) is 3. The average Bonchev–Trinajstić information content (AvgIpc) is 2.78. The predicted molar refractivity (Wildman–Crippen MR) is 84.6 cm³/mol. The molecule has 1 aromatic heterocycles. The van der Waals surface area contributed by atoms with Crippen molar-refractivity contribution in [2.24, 2.45) is 0 Å². The second-order valence-corrected chi connectivity index (χ2v) is 5.62. The summed E-state index contributed by atoms with van der Waals surface area (Å²) in [5, 5.41) is 7.84. The molecule has 0 spiro atoms. The van der Waals surface area contributed by atoms with Gasteiger partial charge >= 0.3 is 0 Å². The van der Waals surface area contributed by atoms with Crippen molar-refractivity contribution in [2.75, 3.05) is 13.6 Å². The summed E-state index contributed by atoms with van der Waals surface area (Å²) in [6.07, 6.45) is 0.896. The van der Waals surface area contributed by atoms with E-state index in [2.05, 4.69) is 40.2 Å². The van der Waals surface area contributed by atoms with Gasteiger partial charge in [0.2, 0.25) is 5.91 Å². The maximum Gasteiger partial charge on any atom is 0.239 e. The fraction of sp³-hybridized carbons (Fsp3) is 0.714. The highest BCUT2D eigenvalue weighted by atomic mass is 79.9. The van der Waals surface area contributed by atoms with Crippen LogP contribution in [-0.4, -0.2) is 40.2 Å². The van der Waals surface area contributed by atoms with E-state index in [1.165, 1.54) is 0 Å². The number of amides is 1. The number of aromatic nitrogens is 2. The zero-order valence-electron chi connectivity index (χ0n) is 13.0. The van der Waals surface area contributed by atoms with E-state index >= 15 is 0 Å². The third kappa shape index (κ3) is 3.82. The largest absolute Gasteiger partial charge is 0.345 e. The molecule has 5 nitrogen and oxygen atoms in total. The Morgan fingerprint density at radius 3 is 2.60 bits per heavy atom. The molecule has 0 aliphatic heterocycles. The Morgan fingerprint density at radius 2 is 2.10 bits per heavy atom. The summed E-state index contributed by atoms with van der Waals surface area (Å²) in [5.74, 6) is 0.113. The lowest BCUT2D eigenvalue weighted by atomic mass is 10.2. The summed E-state index contributed by atoms with van der Waals surface area (Å²) in [4.78, 5) is 13.7. The molecule has 114 valence electrons. The molecule has 0 aliphatic rings. The van der Waals surface area contributed by atoms with Gasteiger partial charge < -0.3 is 10.2 Å². The lowest BCUT2D eigenvalue weighted by Gasteiger charge is -2.20. The van der Waals surface area contributed by atoms with E-state index < -0.39 is 0 Å². The van der Waals surface area contributed by atoms with E-state index in [9.17, 15) is 4.79 Å². The van der Waals surface area contributed by atoms with Crippen molar-refractivity contribution in [1.29, 1.82) is 0 Å². The van der Waals surface area contributed by atoms with Crippen molar-refractivity contribution in [2.45, 2.75) is 53.2 Å². The number of hydrogen-bond acceptors (Lipinski definition) is 3. The van der Waals surface area contributed by atoms with E-state index in [1.54, 1.807) is 4.90 Å². The van der Waals surface area contributed by atoms with E-state index in [4.69, 9.17) is 0 Å². The molecule has 1 amide bonds. The molecule has 0 saturated heterocycles. The van der Waals surface area contributed by atoms with Crippen LogP contribution in [0.15, 0.2) is 4.47 Å². The quantitative estimate of drug-likeness (QED) is 0.824. The molecule has 0 radical (unpaired) electrons. The fourth-order valence-corrected chi connectivity index (χ4v) is 2.71. The lowest BCUT2D eigenvalue weighted by Crippen LogP contribution is -2.43. The van der Waals surface area contributed by atoms with Gasteiger partial charge in [-0.25, -0.2) is 0 Å². The average molecular weight is 345 g/mol. The molecular formula is C14H25BrN4O. The highest BCUT2D eigenvalue weighted by molar-refractivity contribution is 9.10. The molecule has 6 heteroatoms. The maximum absolute atomic E-state index is 12.0. The number of halogens is 1. The van der Waals surface area contributed by atoms with Gasteiger partial charge in [-0.05, 0) is 43.1 Å². The Morgan fingerprint density at radius 1 is 1.45 bits per heavy atom. The molecule has 0 aliphatic carbocycles. The highest BCUT2D eigenvalue weighted by Crippen LogP contribution is 2.22. The summed E-state index contributed by atoms with van der Waals surface area (Å²) in [6.45, 7) is 10.2. The molecule has 1 heterocycles. The van der Waals surface area contributed by atoms with Crippen LogP contribution in [0.4, 0.5) is 0 Å². The summed E-state index contributed by atoms with van der Waals surface area (Å²) >= 11 is 3.61. The Balaban J connectivity index is 2.74. The van der Waals surface area contributed by atoms with Gasteiger partial charge in [0.15, 0.2) is 0 Å². The Kier molecular flexibility index (Phi) is 6.68. The van der Waals surface area contributed by atoms with Gasteiger partial charge in [-0.2, -0.15) is 5.10 Å². The molecule has 1 aromatic rings. The van der Waals surface area contributed by atoms with Crippen molar-refractivity contribution in [3.63, 3.8) is 0 Å². The minimum atomic E-state index is -0.197. The normalized spacial score (nSPS) is 12.5. The van der Waals surface area contributed by atoms with Crippen LogP contribution in [-0.2, 0) is 24.3 Å². The molecule has 1 unspecified atom stereocenters. The molecule has 0 bridgehead atoms. The predicted octanol–water partition coefficient (Wildman–Crippen LogP) is 2.18. The third-order valence-electron chi connectivity index (χ3n) is 3.49. The van der Waals surface area contributed by atoms with Gasteiger partial charge in [0.05, 0.1) is 21.9 Å². The summed E-state index contributed by atoms with van der Waals surface area (Å²) in [5.41, 5.74) is 2.16. The number of rotatable bonds is 7. The first-order chi connectivity index (χ1) is 9.46. The van der Waals surface area contributed by atoms with Gasteiger partial charge in [0.25, 0.3) is 0 Å². The van der Waals surface area contributed by atoms with Crippen LogP contribution < -0.4 is 5.32 Å².